The first-order valence-electron chi connectivity index (χ1n) is 6.76. The predicted molar refractivity (Wildman–Crippen MR) is 74.9 cm³/mol. The highest BCUT2D eigenvalue weighted by Gasteiger charge is 2.21. The standard InChI is InChI=1S/C15H21NO4/c16-9-5-4-8-13(15(18)19)10-14(17)20-11-12-6-2-1-3-7-12/h1-3,6-7,13H,4-5,8-11,16H2,(H,18,19)/t13-/m1/s1. The fourth-order valence-electron chi connectivity index (χ4n) is 1.85. The predicted octanol–water partition coefficient (Wildman–Crippen LogP) is 1.95. The summed E-state index contributed by atoms with van der Waals surface area (Å²) in [5, 5.41) is 9.07. The molecule has 1 rings (SSSR count). The average molecular weight is 279 g/mol. The number of aliphatic carboxylic acids is 1. The monoisotopic (exact) mass is 279 g/mol. The van der Waals surface area contributed by atoms with E-state index in [4.69, 9.17) is 15.6 Å². The molecular formula is C15H21NO4. The smallest absolute Gasteiger partial charge is 0.307 e. The van der Waals surface area contributed by atoms with Crippen molar-refractivity contribution in [1.29, 1.82) is 0 Å². The highest BCUT2D eigenvalue weighted by Crippen LogP contribution is 2.14. The Hall–Kier alpha value is -1.88. The van der Waals surface area contributed by atoms with E-state index < -0.39 is 17.9 Å². The van der Waals surface area contributed by atoms with Crippen LogP contribution in [0.3, 0.4) is 0 Å². The molecule has 0 spiro atoms. The van der Waals surface area contributed by atoms with Crippen molar-refractivity contribution in [2.24, 2.45) is 11.7 Å². The van der Waals surface area contributed by atoms with Crippen LogP contribution in [-0.2, 0) is 20.9 Å². The van der Waals surface area contributed by atoms with E-state index in [1.807, 2.05) is 30.3 Å². The lowest BCUT2D eigenvalue weighted by Gasteiger charge is -2.11. The van der Waals surface area contributed by atoms with Gasteiger partial charge in [-0.3, -0.25) is 9.59 Å². The first-order chi connectivity index (χ1) is 9.63. The van der Waals surface area contributed by atoms with Gasteiger partial charge in [-0.15, -0.1) is 0 Å². The molecule has 0 aliphatic rings. The molecule has 20 heavy (non-hydrogen) atoms. The van der Waals surface area contributed by atoms with E-state index >= 15 is 0 Å². The quantitative estimate of drug-likeness (QED) is 0.532. The van der Waals surface area contributed by atoms with Gasteiger partial charge in [-0.05, 0) is 24.9 Å². The summed E-state index contributed by atoms with van der Waals surface area (Å²) in [6, 6.07) is 9.29. The van der Waals surface area contributed by atoms with Crippen LogP contribution in [0.25, 0.3) is 0 Å². The molecule has 0 radical (unpaired) electrons. The van der Waals surface area contributed by atoms with Gasteiger partial charge < -0.3 is 15.6 Å². The molecule has 1 aromatic rings. The Morgan fingerprint density at radius 2 is 1.90 bits per heavy atom. The normalized spacial score (nSPS) is 11.8. The Morgan fingerprint density at radius 3 is 2.50 bits per heavy atom. The van der Waals surface area contributed by atoms with Gasteiger partial charge in [0.05, 0.1) is 12.3 Å². The molecule has 0 unspecified atom stereocenters. The van der Waals surface area contributed by atoms with Crippen molar-refractivity contribution in [2.75, 3.05) is 6.54 Å². The molecule has 0 amide bonds. The van der Waals surface area contributed by atoms with E-state index in [1.165, 1.54) is 0 Å². The summed E-state index contributed by atoms with van der Waals surface area (Å²) < 4.78 is 5.09. The number of carboxylic acid groups (broad SMARTS) is 1. The Bertz CT molecular complexity index is 419. The van der Waals surface area contributed by atoms with Crippen LogP contribution in [0, 0.1) is 5.92 Å². The lowest BCUT2D eigenvalue weighted by Crippen LogP contribution is -2.19. The fraction of sp³-hybridized carbons (Fsp3) is 0.467. The molecule has 0 saturated carbocycles. The molecular weight excluding hydrogens is 258 g/mol. The van der Waals surface area contributed by atoms with Gasteiger partial charge in [-0.2, -0.15) is 0 Å². The third kappa shape index (κ3) is 6.33. The first kappa shape index (κ1) is 16.2. The summed E-state index contributed by atoms with van der Waals surface area (Å²) in [7, 11) is 0. The van der Waals surface area contributed by atoms with Crippen molar-refractivity contribution in [3.05, 3.63) is 35.9 Å². The average Bonchev–Trinajstić information content (AvgIpc) is 2.45. The van der Waals surface area contributed by atoms with Crippen molar-refractivity contribution in [3.63, 3.8) is 0 Å². The van der Waals surface area contributed by atoms with E-state index in [9.17, 15) is 9.59 Å². The number of rotatable bonds is 9. The van der Waals surface area contributed by atoms with Gasteiger partial charge in [0, 0.05) is 0 Å². The minimum Gasteiger partial charge on any atom is -0.481 e. The van der Waals surface area contributed by atoms with E-state index in [0.29, 0.717) is 19.4 Å². The van der Waals surface area contributed by atoms with Crippen molar-refractivity contribution >= 4 is 11.9 Å². The molecule has 0 saturated heterocycles. The molecule has 1 atom stereocenters. The van der Waals surface area contributed by atoms with Crippen molar-refractivity contribution < 1.29 is 19.4 Å². The molecule has 0 bridgehead atoms. The van der Waals surface area contributed by atoms with Crippen LogP contribution < -0.4 is 5.73 Å². The van der Waals surface area contributed by atoms with Crippen LogP contribution >= 0.6 is 0 Å². The summed E-state index contributed by atoms with van der Waals surface area (Å²) in [5.74, 6) is -2.13. The largest absolute Gasteiger partial charge is 0.481 e. The molecule has 0 aliphatic heterocycles. The minimum atomic E-state index is -0.960. The third-order valence-corrected chi connectivity index (χ3v) is 3.01. The van der Waals surface area contributed by atoms with Crippen LogP contribution in [0.1, 0.15) is 31.2 Å². The lowest BCUT2D eigenvalue weighted by atomic mass is 9.98. The summed E-state index contributed by atoms with van der Waals surface area (Å²) >= 11 is 0. The Morgan fingerprint density at radius 1 is 1.20 bits per heavy atom. The topological polar surface area (TPSA) is 89.6 Å². The number of esters is 1. The summed E-state index contributed by atoms with van der Waals surface area (Å²) in [6.45, 7) is 0.708. The number of carbonyl (C=O) groups excluding carboxylic acids is 1. The number of hydrogen-bond donors (Lipinski definition) is 2. The number of hydrogen-bond acceptors (Lipinski definition) is 4. The molecule has 110 valence electrons. The number of carboxylic acids is 1. The number of benzene rings is 1. The van der Waals surface area contributed by atoms with Crippen LogP contribution in [-0.4, -0.2) is 23.6 Å². The van der Waals surface area contributed by atoms with E-state index in [1.54, 1.807) is 0 Å². The van der Waals surface area contributed by atoms with E-state index in [0.717, 1.165) is 12.0 Å². The van der Waals surface area contributed by atoms with Gasteiger partial charge in [0.2, 0.25) is 0 Å². The molecule has 3 N–H and O–H groups in total. The second-order valence-electron chi connectivity index (χ2n) is 4.67. The summed E-state index contributed by atoms with van der Waals surface area (Å²) in [4.78, 5) is 22.7. The second kappa shape index (κ2) is 9.09. The SMILES string of the molecule is NCCCC[C@H](CC(=O)OCc1ccccc1)C(=O)O. The lowest BCUT2D eigenvalue weighted by molar-refractivity contribution is -0.152. The first-order valence-corrected chi connectivity index (χ1v) is 6.76. The van der Waals surface area contributed by atoms with Gasteiger partial charge in [-0.25, -0.2) is 0 Å². The summed E-state index contributed by atoms with van der Waals surface area (Å²) in [5.41, 5.74) is 6.25. The molecule has 0 aromatic heterocycles. The number of unbranched alkanes of at least 4 members (excludes halogenated alkanes) is 1. The van der Waals surface area contributed by atoms with E-state index in [2.05, 4.69) is 0 Å². The van der Waals surface area contributed by atoms with Gasteiger partial charge >= 0.3 is 11.9 Å². The van der Waals surface area contributed by atoms with Crippen LogP contribution in [0.5, 0.6) is 0 Å². The van der Waals surface area contributed by atoms with Crippen LogP contribution in [0.15, 0.2) is 30.3 Å². The van der Waals surface area contributed by atoms with Crippen molar-refractivity contribution in [1.82, 2.24) is 0 Å². The van der Waals surface area contributed by atoms with Gasteiger partial charge in [0.1, 0.15) is 6.61 Å². The zero-order valence-corrected chi connectivity index (χ0v) is 11.5. The Balaban J connectivity index is 2.36. The highest BCUT2D eigenvalue weighted by atomic mass is 16.5. The Labute approximate surface area is 118 Å². The van der Waals surface area contributed by atoms with Gasteiger partial charge in [-0.1, -0.05) is 36.8 Å². The van der Waals surface area contributed by atoms with Crippen LogP contribution in [0.2, 0.25) is 0 Å². The maximum absolute atomic E-state index is 11.7. The minimum absolute atomic E-state index is 0.0905. The van der Waals surface area contributed by atoms with Crippen molar-refractivity contribution in [3.8, 4) is 0 Å². The molecule has 1 aromatic carbocycles. The number of nitrogens with two attached hydrogens (primary N) is 1. The van der Waals surface area contributed by atoms with Crippen molar-refractivity contribution in [2.45, 2.75) is 32.3 Å². The molecule has 0 fully saturated rings. The third-order valence-electron chi connectivity index (χ3n) is 3.01. The zero-order chi connectivity index (χ0) is 14.8. The molecule has 5 heteroatoms. The molecule has 0 aliphatic carbocycles. The maximum Gasteiger partial charge on any atom is 0.307 e. The van der Waals surface area contributed by atoms with Crippen LogP contribution in [0.4, 0.5) is 0 Å². The highest BCUT2D eigenvalue weighted by molar-refractivity contribution is 5.78. The summed E-state index contributed by atoms with van der Waals surface area (Å²) in [6.07, 6.45) is 1.84. The van der Waals surface area contributed by atoms with Gasteiger partial charge in [0.15, 0.2) is 0 Å². The Kier molecular flexibility index (Phi) is 7.35. The van der Waals surface area contributed by atoms with E-state index in [-0.39, 0.29) is 13.0 Å². The number of ether oxygens (including phenoxy) is 1. The molecule has 0 heterocycles. The number of carbonyl (C=O) groups is 2. The maximum atomic E-state index is 11.7. The molecule has 5 nitrogen and oxygen atoms in total. The second-order valence-corrected chi connectivity index (χ2v) is 4.67. The zero-order valence-electron chi connectivity index (χ0n) is 11.5. The fourth-order valence-corrected chi connectivity index (χ4v) is 1.85. The van der Waals surface area contributed by atoms with Gasteiger partial charge in [0.25, 0.3) is 0 Å².